The van der Waals surface area contributed by atoms with Gasteiger partial charge in [-0.15, -0.1) is 0 Å². The summed E-state index contributed by atoms with van der Waals surface area (Å²) in [6, 6.07) is 11.3. The van der Waals surface area contributed by atoms with E-state index in [1.54, 1.807) is 6.92 Å². The van der Waals surface area contributed by atoms with Crippen LogP contribution in [0.3, 0.4) is 0 Å². The summed E-state index contributed by atoms with van der Waals surface area (Å²) in [5.41, 5.74) is -1.90. The van der Waals surface area contributed by atoms with Crippen LogP contribution in [0.5, 0.6) is 5.75 Å². The molecule has 1 atom stereocenters. The van der Waals surface area contributed by atoms with Gasteiger partial charge < -0.3 is 10.1 Å². The molecule has 0 spiro atoms. The zero-order valence-corrected chi connectivity index (χ0v) is 19.5. The van der Waals surface area contributed by atoms with E-state index in [0.29, 0.717) is 0 Å². The molecule has 12 heteroatoms. The Morgan fingerprint density at radius 2 is 1.80 bits per heavy atom. The third-order valence-electron chi connectivity index (χ3n) is 5.18. The second kappa shape index (κ2) is 9.04. The van der Waals surface area contributed by atoms with E-state index in [2.05, 4.69) is 5.32 Å². The van der Waals surface area contributed by atoms with Crippen molar-refractivity contribution in [2.75, 3.05) is 16.2 Å². The number of carbonyl (C=O) groups is 1. The number of halogens is 5. The van der Waals surface area contributed by atoms with Gasteiger partial charge in [0, 0.05) is 5.69 Å². The highest BCUT2D eigenvalue weighted by Gasteiger charge is 2.37. The molecule has 3 aromatic rings. The van der Waals surface area contributed by atoms with E-state index >= 15 is 0 Å². The van der Waals surface area contributed by atoms with Crippen LogP contribution < -0.4 is 14.4 Å². The van der Waals surface area contributed by atoms with Crippen LogP contribution in [0.4, 0.5) is 28.9 Å². The molecule has 4 rings (SSSR count). The summed E-state index contributed by atoms with van der Waals surface area (Å²) in [7, 11) is -4.15. The predicted molar refractivity (Wildman–Crippen MR) is 122 cm³/mol. The minimum Gasteiger partial charge on any atom is -0.487 e. The third kappa shape index (κ3) is 4.92. The number of carbonyl (C=O) groups excluding carboxylic acids is 1. The third-order valence-corrected chi connectivity index (χ3v) is 7.29. The number of benzene rings is 3. The van der Waals surface area contributed by atoms with E-state index in [0.717, 1.165) is 46.8 Å². The number of nitrogens with zero attached hydrogens (tertiary/aromatic N) is 1. The molecule has 0 fully saturated rings. The maximum absolute atomic E-state index is 13.4. The van der Waals surface area contributed by atoms with Gasteiger partial charge in [-0.05, 0) is 61.5 Å². The van der Waals surface area contributed by atoms with E-state index in [1.807, 2.05) is 0 Å². The van der Waals surface area contributed by atoms with Gasteiger partial charge in [0.25, 0.3) is 15.9 Å². The van der Waals surface area contributed by atoms with Crippen molar-refractivity contribution in [3.63, 3.8) is 0 Å². The number of fused-ring (bicyclic) bond motifs is 1. The number of amides is 1. The molecule has 1 N–H and O–H groups in total. The second-order valence-electron chi connectivity index (χ2n) is 7.72. The van der Waals surface area contributed by atoms with Crippen molar-refractivity contribution in [1.82, 2.24) is 0 Å². The molecule has 0 radical (unpaired) electrons. The summed E-state index contributed by atoms with van der Waals surface area (Å²) in [5.74, 6) is -1.55. The van der Waals surface area contributed by atoms with Crippen molar-refractivity contribution >= 4 is 38.9 Å². The smallest absolute Gasteiger partial charge is 0.417 e. The van der Waals surface area contributed by atoms with Crippen LogP contribution in [0.15, 0.2) is 65.6 Å². The summed E-state index contributed by atoms with van der Waals surface area (Å²) in [6.45, 7) is 1.56. The van der Waals surface area contributed by atoms with Crippen molar-refractivity contribution in [1.29, 1.82) is 0 Å². The topological polar surface area (TPSA) is 75.7 Å². The molecule has 1 aliphatic rings. The van der Waals surface area contributed by atoms with Gasteiger partial charge in [0.05, 0.1) is 33.3 Å². The van der Waals surface area contributed by atoms with Crippen molar-refractivity contribution in [3.8, 4) is 5.75 Å². The lowest BCUT2D eigenvalue weighted by Gasteiger charge is -2.34. The number of alkyl halides is 3. The van der Waals surface area contributed by atoms with Crippen molar-refractivity contribution in [2.24, 2.45) is 0 Å². The number of rotatable bonds is 4. The molecule has 35 heavy (non-hydrogen) atoms. The molecule has 0 aliphatic carbocycles. The average molecular weight is 529 g/mol. The molecule has 3 aromatic carbocycles. The lowest BCUT2D eigenvalue weighted by molar-refractivity contribution is -0.137. The maximum Gasteiger partial charge on any atom is 0.417 e. The van der Waals surface area contributed by atoms with Gasteiger partial charge in [-0.1, -0.05) is 17.7 Å². The number of anilines is 2. The first kappa shape index (κ1) is 24.8. The Balaban J connectivity index is 1.72. The minimum atomic E-state index is -4.82. The SMILES string of the molecule is C[C@H]1CN(S(=O)(=O)c2ccc(F)cc2)c2cc(NC(=O)c3c(Cl)cccc3C(F)(F)F)ccc2O1. The standard InChI is InChI=1S/C23H17ClF4N2O4S/c1-13-12-30(35(32,33)16-8-5-14(25)6-9-16)19-11-15(7-10-20(19)34-13)29-22(31)21-17(23(26,27)28)3-2-4-18(21)24/h2-11,13H,12H2,1H3,(H,29,31)/t13-/m0/s1. The van der Waals surface area contributed by atoms with Crippen LogP contribution in [0.25, 0.3) is 0 Å². The quantitative estimate of drug-likeness (QED) is 0.439. The fraction of sp³-hybridized carbons (Fsp3) is 0.174. The Morgan fingerprint density at radius 1 is 1.11 bits per heavy atom. The van der Waals surface area contributed by atoms with Crippen LogP contribution in [0.2, 0.25) is 5.02 Å². The van der Waals surface area contributed by atoms with Crippen LogP contribution in [-0.4, -0.2) is 27.0 Å². The molecule has 184 valence electrons. The van der Waals surface area contributed by atoms with Gasteiger partial charge in [0.1, 0.15) is 17.7 Å². The van der Waals surface area contributed by atoms with E-state index < -0.39 is 50.2 Å². The van der Waals surface area contributed by atoms with Gasteiger partial charge in [-0.25, -0.2) is 12.8 Å². The molecular formula is C23H17ClF4N2O4S. The van der Waals surface area contributed by atoms with Gasteiger partial charge >= 0.3 is 6.18 Å². The molecule has 0 aromatic heterocycles. The van der Waals surface area contributed by atoms with E-state index in [-0.39, 0.29) is 28.6 Å². The highest BCUT2D eigenvalue weighted by atomic mass is 35.5. The second-order valence-corrected chi connectivity index (χ2v) is 9.98. The van der Waals surface area contributed by atoms with E-state index in [4.69, 9.17) is 16.3 Å². The first-order valence-corrected chi connectivity index (χ1v) is 12.0. The summed E-state index contributed by atoms with van der Waals surface area (Å²) < 4.78 is 86.8. The molecule has 0 unspecified atom stereocenters. The zero-order valence-electron chi connectivity index (χ0n) is 17.9. The summed E-state index contributed by atoms with van der Waals surface area (Å²) >= 11 is 5.89. The molecule has 1 amide bonds. The van der Waals surface area contributed by atoms with Gasteiger partial charge in [0.2, 0.25) is 0 Å². The molecule has 1 heterocycles. The van der Waals surface area contributed by atoms with Gasteiger partial charge in [-0.2, -0.15) is 13.2 Å². The number of ether oxygens (including phenoxy) is 1. The van der Waals surface area contributed by atoms with Crippen LogP contribution in [0.1, 0.15) is 22.8 Å². The molecule has 0 bridgehead atoms. The minimum absolute atomic E-state index is 0.0132. The first-order valence-electron chi connectivity index (χ1n) is 10.1. The Bertz CT molecular complexity index is 1400. The predicted octanol–water partition coefficient (Wildman–Crippen LogP) is 5.73. The number of hydrogen-bond acceptors (Lipinski definition) is 4. The van der Waals surface area contributed by atoms with E-state index in [1.165, 1.54) is 18.2 Å². The summed E-state index contributed by atoms with van der Waals surface area (Å²) in [4.78, 5) is 12.6. The molecular weight excluding hydrogens is 512 g/mol. The fourth-order valence-electron chi connectivity index (χ4n) is 3.62. The van der Waals surface area contributed by atoms with Crippen molar-refractivity contribution in [2.45, 2.75) is 24.1 Å². The van der Waals surface area contributed by atoms with Gasteiger partial charge in [-0.3, -0.25) is 9.10 Å². The maximum atomic E-state index is 13.4. The van der Waals surface area contributed by atoms with Crippen LogP contribution in [0, 0.1) is 5.82 Å². The number of sulfonamides is 1. The van der Waals surface area contributed by atoms with Gasteiger partial charge in [0.15, 0.2) is 0 Å². The zero-order chi connectivity index (χ0) is 25.5. The first-order chi connectivity index (χ1) is 16.4. The average Bonchev–Trinajstić information content (AvgIpc) is 2.78. The Labute approximate surface area is 203 Å². The molecule has 0 saturated heterocycles. The van der Waals surface area contributed by atoms with Crippen molar-refractivity contribution < 1.29 is 35.5 Å². The Morgan fingerprint density at radius 3 is 2.46 bits per heavy atom. The summed E-state index contributed by atoms with van der Waals surface area (Å²) in [5, 5.41) is 1.95. The number of nitrogens with one attached hydrogen (secondary N) is 1. The molecule has 0 saturated carbocycles. The highest BCUT2D eigenvalue weighted by molar-refractivity contribution is 7.92. The largest absolute Gasteiger partial charge is 0.487 e. The fourth-order valence-corrected chi connectivity index (χ4v) is 5.42. The Kier molecular flexibility index (Phi) is 6.41. The summed E-state index contributed by atoms with van der Waals surface area (Å²) in [6.07, 6.45) is -5.35. The van der Waals surface area contributed by atoms with Crippen LogP contribution >= 0.6 is 11.6 Å². The lowest BCUT2D eigenvalue weighted by Crippen LogP contribution is -2.42. The highest BCUT2D eigenvalue weighted by Crippen LogP contribution is 2.40. The Hall–Kier alpha value is -3.31. The molecule has 1 aliphatic heterocycles. The number of hydrogen-bond donors (Lipinski definition) is 1. The van der Waals surface area contributed by atoms with Crippen LogP contribution in [-0.2, 0) is 16.2 Å². The monoisotopic (exact) mass is 528 g/mol. The van der Waals surface area contributed by atoms with Crippen molar-refractivity contribution in [3.05, 3.63) is 82.6 Å². The lowest BCUT2D eigenvalue weighted by atomic mass is 10.1. The van der Waals surface area contributed by atoms with E-state index in [9.17, 15) is 30.8 Å². The molecule has 6 nitrogen and oxygen atoms in total. The normalized spacial score (nSPS) is 15.8.